The first-order valence-electron chi connectivity index (χ1n) is 5.75. The zero-order valence-corrected chi connectivity index (χ0v) is 10.4. The zero-order valence-electron chi connectivity index (χ0n) is 10.4. The fraction of sp³-hybridized carbons (Fsp3) is 0.538. The molecule has 2 nitrogen and oxygen atoms in total. The average molecular weight is 243 g/mol. The van der Waals surface area contributed by atoms with Crippen molar-refractivity contribution < 1.29 is 13.5 Å². The van der Waals surface area contributed by atoms with Gasteiger partial charge in [0.1, 0.15) is 5.75 Å². The van der Waals surface area contributed by atoms with Gasteiger partial charge in [0.25, 0.3) is 0 Å². The van der Waals surface area contributed by atoms with Gasteiger partial charge in [-0.2, -0.15) is 8.78 Å². The molecule has 0 bridgehead atoms. The molecule has 1 atom stereocenters. The van der Waals surface area contributed by atoms with E-state index >= 15 is 0 Å². The average Bonchev–Trinajstić information content (AvgIpc) is 2.25. The molecule has 1 aromatic rings. The lowest BCUT2D eigenvalue weighted by molar-refractivity contribution is -0.0499. The first kappa shape index (κ1) is 13.9. The van der Waals surface area contributed by atoms with Gasteiger partial charge in [0.05, 0.1) is 0 Å². The summed E-state index contributed by atoms with van der Waals surface area (Å²) in [6.07, 6.45) is 0.953. The lowest BCUT2D eigenvalue weighted by Crippen LogP contribution is -2.18. The molecule has 0 spiro atoms. The number of rotatable bonds is 6. The number of hydrogen-bond acceptors (Lipinski definition) is 2. The van der Waals surface area contributed by atoms with E-state index in [4.69, 9.17) is 0 Å². The van der Waals surface area contributed by atoms with Gasteiger partial charge in [0.2, 0.25) is 0 Å². The molecule has 96 valence electrons. The topological polar surface area (TPSA) is 21.3 Å². The quantitative estimate of drug-likeness (QED) is 0.824. The smallest absolute Gasteiger partial charge is 0.387 e. The van der Waals surface area contributed by atoms with Gasteiger partial charge in [0.15, 0.2) is 0 Å². The van der Waals surface area contributed by atoms with Crippen LogP contribution in [0.3, 0.4) is 0 Å². The molecule has 0 aliphatic rings. The predicted octanol–water partition coefficient (Wildman–Crippen LogP) is 3.59. The lowest BCUT2D eigenvalue weighted by atomic mass is 9.97. The van der Waals surface area contributed by atoms with Gasteiger partial charge in [-0.3, -0.25) is 0 Å². The van der Waals surface area contributed by atoms with Crippen molar-refractivity contribution in [3.05, 3.63) is 29.8 Å². The maximum atomic E-state index is 12.1. The van der Waals surface area contributed by atoms with Crippen LogP contribution in [0.25, 0.3) is 0 Å². The van der Waals surface area contributed by atoms with E-state index in [1.54, 1.807) is 12.1 Å². The van der Waals surface area contributed by atoms with Crippen molar-refractivity contribution in [2.24, 2.45) is 5.92 Å². The molecule has 0 saturated carbocycles. The Balaban J connectivity index is 2.81. The maximum absolute atomic E-state index is 12.1. The normalized spacial score (nSPS) is 13.1. The first-order chi connectivity index (χ1) is 8.02. The summed E-state index contributed by atoms with van der Waals surface area (Å²) < 4.78 is 28.6. The third-order valence-corrected chi connectivity index (χ3v) is 2.54. The van der Waals surface area contributed by atoms with Gasteiger partial charge in [-0.05, 0) is 37.1 Å². The number of hydrogen-bond donors (Lipinski definition) is 1. The summed E-state index contributed by atoms with van der Waals surface area (Å²) in [4.78, 5) is 0. The van der Waals surface area contributed by atoms with Crippen molar-refractivity contribution in [1.82, 2.24) is 5.32 Å². The highest BCUT2D eigenvalue weighted by Crippen LogP contribution is 2.25. The van der Waals surface area contributed by atoms with Crippen LogP contribution in [-0.2, 0) is 0 Å². The molecular weight excluding hydrogens is 224 g/mol. The van der Waals surface area contributed by atoms with Crippen LogP contribution in [0.2, 0.25) is 0 Å². The van der Waals surface area contributed by atoms with Crippen LogP contribution >= 0.6 is 0 Å². The maximum Gasteiger partial charge on any atom is 0.387 e. The molecule has 1 rings (SSSR count). The second kappa shape index (κ2) is 6.55. The Kier molecular flexibility index (Phi) is 5.35. The molecule has 0 amide bonds. The monoisotopic (exact) mass is 243 g/mol. The van der Waals surface area contributed by atoms with Crippen molar-refractivity contribution in [1.29, 1.82) is 0 Å². The number of benzene rings is 1. The summed E-state index contributed by atoms with van der Waals surface area (Å²) in [5, 5.41) is 3.19. The lowest BCUT2D eigenvalue weighted by Gasteiger charge is -2.19. The molecule has 0 saturated heterocycles. The van der Waals surface area contributed by atoms with E-state index in [-0.39, 0.29) is 11.8 Å². The summed E-state index contributed by atoms with van der Waals surface area (Å²) in [6, 6.07) is 7.02. The predicted molar refractivity (Wildman–Crippen MR) is 64.3 cm³/mol. The van der Waals surface area contributed by atoms with Gasteiger partial charge < -0.3 is 10.1 Å². The van der Waals surface area contributed by atoms with Crippen LogP contribution in [0.15, 0.2) is 24.3 Å². The van der Waals surface area contributed by atoms with E-state index in [0.717, 1.165) is 12.0 Å². The molecule has 0 radical (unpaired) electrons. The van der Waals surface area contributed by atoms with E-state index in [1.165, 1.54) is 6.07 Å². The molecular formula is C13H19F2NO. The zero-order chi connectivity index (χ0) is 12.8. The van der Waals surface area contributed by atoms with Crippen molar-refractivity contribution in [2.45, 2.75) is 32.9 Å². The molecule has 1 unspecified atom stereocenters. The molecule has 0 fully saturated rings. The minimum Gasteiger partial charge on any atom is -0.435 e. The van der Waals surface area contributed by atoms with Crippen molar-refractivity contribution >= 4 is 0 Å². The van der Waals surface area contributed by atoms with Crippen LogP contribution in [0.4, 0.5) is 8.78 Å². The van der Waals surface area contributed by atoms with Crippen LogP contribution in [0, 0.1) is 5.92 Å². The Bertz CT molecular complexity index is 342. The van der Waals surface area contributed by atoms with E-state index in [9.17, 15) is 8.78 Å². The molecule has 1 aromatic carbocycles. The van der Waals surface area contributed by atoms with E-state index in [0.29, 0.717) is 5.92 Å². The highest BCUT2D eigenvalue weighted by Gasteiger charge is 2.12. The third kappa shape index (κ3) is 4.69. The van der Waals surface area contributed by atoms with E-state index in [2.05, 4.69) is 23.9 Å². The SMILES string of the molecule is CNC(CC(C)C)c1cccc(OC(F)F)c1. The highest BCUT2D eigenvalue weighted by molar-refractivity contribution is 5.30. The number of alkyl halides is 2. The molecule has 0 aliphatic carbocycles. The summed E-state index contributed by atoms with van der Waals surface area (Å²) >= 11 is 0. The second-order valence-corrected chi connectivity index (χ2v) is 4.42. The second-order valence-electron chi connectivity index (χ2n) is 4.42. The summed E-state index contributed by atoms with van der Waals surface area (Å²) in [5.41, 5.74) is 0.972. The minimum absolute atomic E-state index is 0.163. The van der Waals surface area contributed by atoms with Gasteiger partial charge in [-0.1, -0.05) is 26.0 Å². The Labute approximate surface area is 101 Å². The van der Waals surface area contributed by atoms with Crippen LogP contribution < -0.4 is 10.1 Å². The third-order valence-electron chi connectivity index (χ3n) is 2.54. The van der Waals surface area contributed by atoms with Gasteiger partial charge >= 0.3 is 6.61 Å². The van der Waals surface area contributed by atoms with Crippen LogP contribution in [0.5, 0.6) is 5.75 Å². The van der Waals surface area contributed by atoms with Crippen molar-refractivity contribution in [3.63, 3.8) is 0 Å². The summed E-state index contributed by atoms with van der Waals surface area (Å²) in [5.74, 6) is 0.744. The van der Waals surface area contributed by atoms with E-state index in [1.807, 2.05) is 13.1 Å². The minimum atomic E-state index is -2.77. The molecule has 0 aliphatic heterocycles. The molecule has 4 heteroatoms. The largest absolute Gasteiger partial charge is 0.435 e. The fourth-order valence-electron chi connectivity index (χ4n) is 1.80. The van der Waals surface area contributed by atoms with Crippen LogP contribution in [0.1, 0.15) is 31.9 Å². The number of halogens is 2. The fourth-order valence-corrected chi connectivity index (χ4v) is 1.80. The first-order valence-corrected chi connectivity index (χ1v) is 5.75. The van der Waals surface area contributed by atoms with E-state index < -0.39 is 6.61 Å². The highest BCUT2D eigenvalue weighted by atomic mass is 19.3. The molecule has 17 heavy (non-hydrogen) atoms. The Hall–Kier alpha value is -1.16. The van der Waals surface area contributed by atoms with Gasteiger partial charge in [0, 0.05) is 6.04 Å². The summed E-state index contributed by atoms with van der Waals surface area (Å²) in [6.45, 7) is 1.48. The van der Waals surface area contributed by atoms with Gasteiger partial charge in [-0.25, -0.2) is 0 Å². The standard InChI is InChI=1S/C13H19F2NO/c1-9(2)7-12(16-3)10-5-4-6-11(8-10)17-13(14)15/h4-6,8-9,12-13,16H,7H2,1-3H3. The van der Waals surface area contributed by atoms with Crippen molar-refractivity contribution in [2.75, 3.05) is 7.05 Å². The molecule has 0 heterocycles. The number of ether oxygens (including phenoxy) is 1. The van der Waals surface area contributed by atoms with Gasteiger partial charge in [-0.15, -0.1) is 0 Å². The van der Waals surface area contributed by atoms with Crippen LogP contribution in [-0.4, -0.2) is 13.7 Å². The Morgan fingerprint density at radius 2 is 2.00 bits per heavy atom. The van der Waals surface area contributed by atoms with Crippen molar-refractivity contribution in [3.8, 4) is 5.75 Å². The Morgan fingerprint density at radius 3 is 2.53 bits per heavy atom. The number of nitrogens with one attached hydrogen (secondary N) is 1. The summed E-state index contributed by atoms with van der Waals surface area (Å²) in [7, 11) is 1.87. The Morgan fingerprint density at radius 1 is 1.29 bits per heavy atom. The molecule has 1 N–H and O–H groups in total. The molecule has 0 aromatic heterocycles.